The van der Waals surface area contributed by atoms with Gasteiger partial charge in [-0.2, -0.15) is 0 Å². The van der Waals surface area contributed by atoms with E-state index in [1.165, 1.54) is 69.5 Å². The average Bonchev–Trinajstić information content (AvgIpc) is 2.30. The molecule has 0 amide bonds. The zero-order chi connectivity index (χ0) is 11.7. The monoisotopic (exact) mass is 242 g/mol. The zero-order valence-corrected chi connectivity index (χ0v) is 12.4. The second-order valence-electron chi connectivity index (χ2n) is 5.40. The van der Waals surface area contributed by atoms with Crippen molar-refractivity contribution in [2.75, 3.05) is 6.61 Å². The molecule has 0 aliphatic carbocycles. The van der Waals surface area contributed by atoms with Crippen LogP contribution in [0.3, 0.4) is 0 Å². The van der Waals surface area contributed by atoms with Gasteiger partial charge in [-0.05, 0) is 24.6 Å². The predicted molar refractivity (Wildman–Crippen MR) is 74.4 cm³/mol. The first-order valence-electron chi connectivity index (χ1n) is 7.47. The van der Waals surface area contributed by atoms with E-state index in [1.807, 2.05) is 0 Å². The maximum absolute atomic E-state index is 6.25. The minimum atomic E-state index is -1.24. The van der Waals surface area contributed by atoms with Gasteiger partial charge in [-0.25, -0.2) is 0 Å². The van der Waals surface area contributed by atoms with E-state index < -0.39 is 8.32 Å². The van der Waals surface area contributed by atoms with Crippen molar-refractivity contribution in [2.24, 2.45) is 0 Å². The molecule has 0 aromatic heterocycles. The van der Waals surface area contributed by atoms with Crippen LogP contribution in [0.25, 0.3) is 0 Å². The van der Waals surface area contributed by atoms with Gasteiger partial charge in [0.25, 0.3) is 0 Å². The summed E-state index contributed by atoms with van der Waals surface area (Å²) in [6, 6.07) is 4.32. The smallest absolute Gasteiger partial charge is 0.192 e. The van der Waals surface area contributed by atoms with Crippen LogP contribution >= 0.6 is 0 Å². The van der Waals surface area contributed by atoms with Gasteiger partial charge in [0, 0.05) is 6.61 Å². The summed E-state index contributed by atoms with van der Waals surface area (Å²) in [5.41, 5.74) is 0. The molecule has 0 N–H and O–H groups in total. The summed E-state index contributed by atoms with van der Waals surface area (Å²) in [4.78, 5) is 0. The number of rotatable bonds is 8. The molecule has 0 radical (unpaired) electrons. The molecule has 1 rings (SSSR count). The molecule has 1 atom stereocenters. The summed E-state index contributed by atoms with van der Waals surface area (Å²) < 4.78 is 6.25. The van der Waals surface area contributed by atoms with E-state index in [2.05, 4.69) is 13.8 Å². The lowest BCUT2D eigenvalue weighted by Crippen LogP contribution is -2.40. The second-order valence-corrected chi connectivity index (χ2v) is 9.56. The summed E-state index contributed by atoms with van der Waals surface area (Å²) in [6.07, 6.45) is 11.2. The molecule has 1 fully saturated rings. The molecule has 0 aromatic rings. The Kier molecular flexibility index (Phi) is 7.38. The number of unbranched alkanes of at least 4 members (excludes halogenated alkanes) is 4. The van der Waals surface area contributed by atoms with E-state index in [9.17, 15) is 0 Å². The van der Waals surface area contributed by atoms with E-state index in [4.69, 9.17) is 4.43 Å². The maximum Gasteiger partial charge on any atom is 0.192 e. The highest BCUT2D eigenvalue weighted by Gasteiger charge is 2.34. The van der Waals surface area contributed by atoms with Gasteiger partial charge in [-0.1, -0.05) is 58.8 Å². The van der Waals surface area contributed by atoms with E-state index in [0.29, 0.717) is 0 Å². The third-order valence-corrected chi connectivity index (χ3v) is 8.63. The lowest BCUT2D eigenvalue weighted by molar-refractivity contribution is 0.263. The minimum absolute atomic E-state index is 1.07. The lowest BCUT2D eigenvalue weighted by Gasteiger charge is -2.35. The molecule has 2 heteroatoms. The van der Waals surface area contributed by atoms with Crippen LogP contribution in [0.15, 0.2) is 0 Å². The largest absolute Gasteiger partial charge is 0.417 e. The topological polar surface area (TPSA) is 9.23 Å². The number of hydrogen-bond donors (Lipinski definition) is 0. The Hall–Kier alpha value is 0.177. The molecular weight excluding hydrogens is 212 g/mol. The first-order valence-corrected chi connectivity index (χ1v) is 10.00. The van der Waals surface area contributed by atoms with Crippen molar-refractivity contribution in [3.05, 3.63) is 0 Å². The molecule has 1 heterocycles. The van der Waals surface area contributed by atoms with Crippen LogP contribution in [0.5, 0.6) is 0 Å². The Bertz CT molecular complexity index is 159. The van der Waals surface area contributed by atoms with Crippen LogP contribution in [0, 0.1) is 0 Å². The fourth-order valence-corrected chi connectivity index (χ4v) is 7.40. The van der Waals surface area contributed by atoms with Gasteiger partial charge < -0.3 is 4.43 Å². The Morgan fingerprint density at radius 2 is 1.69 bits per heavy atom. The Balaban J connectivity index is 2.21. The first kappa shape index (κ1) is 14.2. The van der Waals surface area contributed by atoms with Gasteiger partial charge in [0.15, 0.2) is 8.32 Å². The summed E-state index contributed by atoms with van der Waals surface area (Å²) in [6.45, 7) is 5.68. The third-order valence-electron chi connectivity index (χ3n) is 3.88. The highest BCUT2D eigenvalue weighted by Crippen LogP contribution is 2.32. The highest BCUT2D eigenvalue weighted by molar-refractivity contribution is 6.73. The molecule has 0 saturated carbocycles. The molecule has 1 aliphatic heterocycles. The Morgan fingerprint density at radius 1 is 0.875 bits per heavy atom. The Labute approximate surface area is 103 Å². The minimum Gasteiger partial charge on any atom is -0.417 e. The lowest BCUT2D eigenvalue weighted by atomic mass is 10.2. The standard InChI is InChI=1S/C14H30OSi/c1-3-5-6-7-9-13-16(12-4-2)14-10-8-11-15-16/h3-14H2,1-2H3. The van der Waals surface area contributed by atoms with Crippen molar-refractivity contribution >= 4 is 8.32 Å². The van der Waals surface area contributed by atoms with Crippen LogP contribution in [0.1, 0.15) is 65.2 Å². The van der Waals surface area contributed by atoms with Gasteiger partial charge in [0.2, 0.25) is 0 Å². The van der Waals surface area contributed by atoms with Crippen LogP contribution in [-0.4, -0.2) is 14.9 Å². The molecule has 1 unspecified atom stereocenters. The van der Waals surface area contributed by atoms with E-state index >= 15 is 0 Å². The summed E-state index contributed by atoms with van der Waals surface area (Å²) in [5.74, 6) is 0. The van der Waals surface area contributed by atoms with Crippen LogP contribution < -0.4 is 0 Å². The van der Waals surface area contributed by atoms with Gasteiger partial charge in [0.05, 0.1) is 0 Å². The first-order chi connectivity index (χ1) is 7.83. The van der Waals surface area contributed by atoms with Crippen molar-refractivity contribution < 1.29 is 4.43 Å². The molecule has 0 aromatic carbocycles. The van der Waals surface area contributed by atoms with Crippen molar-refractivity contribution in [1.29, 1.82) is 0 Å². The Morgan fingerprint density at radius 3 is 2.31 bits per heavy atom. The fraction of sp³-hybridized carbons (Fsp3) is 1.00. The number of hydrogen-bond acceptors (Lipinski definition) is 1. The van der Waals surface area contributed by atoms with Gasteiger partial charge in [-0.15, -0.1) is 0 Å². The zero-order valence-electron chi connectivity index (χ0n) is 11.4. The van der Waals surface area contributed by atoms with E-state index in [1.54, 1.807) is 0 Å². The molecule has 16 heavy (non-hydrogen) atoms. The average molecular weight is 242 g/mol. The quantitative estimate of drug-likeness (QED) is 0.424. The van der Waals surface area contributed by atoms with Crippen molar-refractivity contribution in [1.82, 2.24) is 0 Å². The van der Waals surface area contributed by atoms with Crippen molar-refractivity contribution in [3.8, 4) is 0 Å². The normalized spacial score (nSPS) is 25.9. The highest BCUT2D eigenvalue weighted by atomic mass is 28.4. The molecule has 1 nitrogen and oxygen atoms in total. The van der Waals surface area contributed by atoms with Crippen LogP contribution in [-0.2, 0) is 4.43 Å². The van der Waals surface area contributed by atoms with Crippen LogP contribution in [0.4, 0.5) is 0 Å². The van der Waals surface area contributed by atoms with Gasteiger partial charge >= 0.3 is 0 Å². The molecule has 96 valence electrons. The van der Waals surface area contributed by atoms with E-state index in [0.717, 1.165) is 6.61 Å². The summed E-state index contributed by atoms with van der Waals surface area (Å²) in [5, 5.41) is 0. The third kappa shape index (κ3) is 5.01. The maximum atomic E-state index is 6.25. The molecule has 1 aliphatic rings. The molecular formula is C14H30OSi. The molecule has 0 bridgehead atoms. The van der Waals surface area contributed by atoms with Gasteiger partial charge in [0.1, 0.15) is 0 Å². The van der Waals surface area contributed by atoms with E-state index in [-0.39, 0.29) is 0 Å². The molecule has 1 saturated heterocycles. The SMILES string of the molecule is CCCCCCC[Si]1(CCC)CCCCO1. The summed E-state index contributed by atoms with van der Waals surface area (Å²) >= 11 is 0. The molecule has 0 spiro atoms. The predicted octanol–water partition coefficient (Wildman–Crippen LogP) is 5.12. The van der Waals surface area contributed by atoms with Crippen LogP contribution in [0.2, 0.25) is 18.1 Å². The van der Waals surface area contributed by atoms with Crippen molar-refractivity contribution in [3.63, 3.8) is 0 Å². The summed E-state index contributed by atoms with van der Waals surface area (Å²) in [7, 11) is -1.24. The fourth-order valence-electron chi connectivity index (χ4n) is 2.94. The van der Waals surface area contributed by atoms with Gasteiger partial charge in [-0.3, -0.25) is 0 Å². The van der Waals surface area contributed by atoms with Crippen molar-refractivity contribution in [2.45, 2.75) is 83.3 Å². The second kappa shape index (κ2) is 8.29.